The average Bonchev–Trinajstić information content (AvgIpc) is 3.61. The fraction of sp³-hybridized carbons (Fsp3) is 0.0938. The summed E-state index contributed by atoms with van der Waals surface area (Å²) in [5.41, 5.74) is 4.84. The van der Waals surface area contributed by atoms with Crippen molar-refractivity contribution in [1.29, 1.82) is 0 Å². The molecule has 0 saturated heterocycles. The molecule has 0 unspecified atom stereocenters. The number of hydrogen-bond acceptors (Lipinski definition) is 5. The van der Waals surface area contributed by atoms with Crippen LogP contribution in [0.1, 0.15) is 16.7 Å². The molecule has 0 atom stereocenters. The van der Waals surface area contributed by atoms with Crippen LogP contribution in [0, 0.1) is 10.5 Å². The summed E-state index contributed by atoms with van der Waals surface area (Å²) in [7, 11) is -3.81. The van der Waals surface area contributed by atoms with E-state index in [1.807, 2.05) is 54.2 Å². The van der Waals surface area contributed by atoms with E-state index >= 15 is 0 Å². The van der Waals surface area contributed by atoms with Gasteiger partial charge in [0.2, 0.25) is 0 Å². The fourth-order valence-electron chi connectivity index (χ4n) is 4.80. The monoisotopic (exact) mass is 675 g/mol. The predicted molar refractivity (Wildman–Crippen MR) is 168 cm³/mol. The number of ether oxygens (including phenoxy) is 1. The zero-order valence-electron chi connectivity index (χ0n) is 22.1. The predicted octanol–water partition coefficient (Wildman–Crippen LogP) is 6.99. The first-order valence-electron chi connectivity index (χ1n) is 12.9. The Morgan fingerprint density at radius 2 is 1.71 bits per heavy atom. The molecule has 6 rings (SSSR count). The van der Waals surface area contributed by atoms with Crippen LogP contribution in [0.25, 0.3) is 22.2 Å². The third-order valence-electron chi connectivity index (χ3n) is 6.87. The highest BCUT2D eigenvalue weighted by Crippen LogP contribution is 2.35. The van der Waals surface area contributed by atoms with E-state index in [0.717, 1.165) is 16.8 Å². The number of rotatable bonds is 8. The maximum atomic E-state index is 13.3. The lowest BCUT2D eigenvalue weighted by Crippen LogP contribution is -2.11. The highest BCUT2D eigenvalue weighted by Gasteiger charge is 2.21. The lowest BCUT2D eigenvalue weighted by atomic mass is 10.1. The van der Waals surface area contributed by atoms with E-state index in [1.54, 1.807) is 42.5 Å². The second-order valence-corrected chi connectivity index (χ2v) is 12.8. The van der Waals surface area contributed by atoms with Crippen LogP contribution in [0.5, 0.6) is 11.5 Å². The lowest BCUT2D eigenvalue weighted by molar-refractivity contribution is 0.278. The van der Waals surface area contributed by atoms with Crippen molar-refractivity contribution in [2.24, 2.45) is 0 Å². The molecule has 41 heavy (non-hydrogen) atoms. The summed E-state index contributed by atoms with van der Waals surface area (Å²) < 4.78 is 37.2. The number of hydrogen-bond donors (Lipinski definition) is 1. The molecule has 206 valence electrons. The van der Waals surface area contributed by atoms with E-state index in [0.29, 0.717) is 34.5 Å². The number of fused-ring (bicyclic) bond motifs is 1. The van der Waals surface area contributed by atoms with Crippen LogP contribution in [0.2, 0.25) is 0 Å². The van der Waals surface area contributed by atoms with Gasteiger partial charge in [-0.2, -0.15) is 5.10 Å². The smallest absolute Gasteiger partial charge is 0.268 e. The highest BCUT2D eigenvalue weighted by molar-refractivity contribution is 14.1. The average molecular weight is 676 g/mol. The van der Waals surface area contributed by atoms with Crippen molar-refractivity contribution >= 4 is 43.5 Å². The molecule has 0 bridgehead atoms. The Bertz CT molecular complexity index is 1980. The van der Waals surface area contributed by atoms with Crippen molar-refractivity contribution in [3.63, 3.8) is 0 Å². The topological polar surface area (TPSA) is 86.4 Å². The van der Waals surface area contributed by atoms with Crippen molar-refractivity contribution in [2.75, 3.05) is 0 Å². The van der Waals surface area contributed by atoms with E-state index in [-0.39, 0.29) is 11.5 Å². The highest BCUT2D eigenvalue weighted by atomic mass is 127. The Hall–Kier alpha value is -3.93. The number of aliphatic hydroxyl groups is 1. The number of benzene rings is 4. The van der Waals surface area contributed by atoms with Crippen molar-refractivity contribution in [2.45, 2.75) is 25.0 Å². The zero-order chi connectivity index (χ0) is 28.6. The van der Waals surface area contributed by atoms with Gasteiger partial charge in [-0.05, 0) is 95.7 Å². The first-order chi connectivity index (χ1) is 19.8. The summed E-state index contributed by atoms with van der Waals surface area (Å²) in [4.78, 5) is 0.198. The van der Waals surface area contributed by atoms with Gasteiger partial charge in [0.05, 0.1) is 29.3 Å². The molecule has 0 aliphatic rings. The van der Waals surface area contributed by atoms with E-state index in [2.05, 4.69) is 40.8 Å². The van der Waals surface area contributed by atoms with Crippen LogP contribution in [-0.4, -0.2) is 27.3 Å². The van der Waals surface area contributed by atoms with Crippen LogP contribution in [0.4, 0.5) is 0 Å². The van der Waals surface area contributed by atoms with E-state index < -0.39 is 10.0 Å². The SMILES string of the molecule is Cc1ccc(S(=O)(=O)n2ccc3c(CO)c(Oc4cccc(-c5ccn(Cc6cccc(I)c6)n5)c4)ccc32)cc1. The number of halogens is 1. The van der Waals surface area contributed by atoms with E-state index in [4.69, 9.17) is 9.84 Å². The van der Waals surface area contributed by atoms with Gasteiger partial charge in [0.25, 0.3) is 10.0 Å². The number of nitrogens with zero attached hydrogens (tertiary/aromatic N) is 3. The number of aliphatic hydroxyl groups excluding tert-OH is 1. The third kappa shape index (κ3) is 5.52. The summed E-state index contributed by atoms with van der Waals surface area (Å²) in [6.07, 6.45) is 3.46. The Balaban J connectivity index is 1.27. The zero-order valence-corrected chi connectivity index (χ0v) is 25.1. The summed E-state index contributed by atoms with van der Waals surface area (Å²) in [5.74, 6) is 1.03. The third-order valence-corrected chi connectivity index (χ3v) is 9.25. The van der Waals surface area contributed by atoms with Gasteiger partial charge in [0.15, 0.2) is 0 Å². The lowest BCUT2D eigenvalue weighted by Gasteiger charge is -2.13. The van der Waals surface area contributed by atoms with Crippen LogP contribution in [0.3, 0.4) is 0 Å². The molecule has 9 heteroatoms. The first kappa shape index (κ1) is 27.3. The number of aryl methyl sites for hydroxylation is 1. The second-order valence-electron chi connectivity index (χ2n) is 9.72. The molecule has 6 aromatic rings. The molecule has 0 saturated carbocycles. The maximum absolute atomic E-state index is 13.3. The number of aromatic nitrogens is 3. The Morgan fingerprint density at radius 3 is 2.49 bits per heavy atom. The molecule has 0 aliphatic heterocycles. The molecule has 0 spiro atoms. The van der Waals surface area contributed by atoms with Gasteiger partial charge in [-0.1, -0.05) is 42.0 Å². The summed E-state index contributed by atoms with van der Waals surface area (Å²) >= 11 is 2.31. The van der Waals surface area contributed by atoms with Crippen molar-refractivity contribution in [3.8, 4) is 22.8 Å². The molecule has 0 fully saturated rings. The molecule has 0 amide bonds. The molecular formula is C32H26IN3O4S. The fourth-order valence-corrected chi connectivity index (χ4v) is 6.75. The van der Waals surface area contributed by atoms with Gasteiger partial charge in [0.1, 0.15) is 11.5 Å². The molecule has 2 aromatic heterocycles. The summed E-state index contributed by atoms with van der Waals surface area (Å²) in [6.45, 7) is 2.27. The van der Waals surface area contributed by atoms with Crippen LogP contribution < -0.4 is 4.74 Å². The Labute approximate surface area is 251 Å². The quantitative estimate of drug-likeness (QED) is 0.176. The van der Waals surface area contributed by atoms with Crippen molar-refractivity contribution in [1.82, 2.24) is 13.8 Å². The van der Waals surface area contributed by atoms with E-state index in [9.17, 15) is 13.5 Å². The van der Waals surface area contributed by atoms with Crippen LogP contribution in [0.15, 0.2) is 114 Å². The van der Waals surface area contributed by atoms with Crippen molar-refractivity contribution < 1.29 is 18.3 Å². The van der Waals surface area contributed by atoms with Gasteiger partial charge in [-0.25, -0.2) is 12.4 Å². The molecule has 4 aromatic carbocycles. The van der Waals surface area contributed by atoms with Gasteiger partial charge in [0, 0.05) is 32.5 Å². The van der Waals surface area contributed by atoms with Gasteiger partial charge in [-0.15, -0.1) is 0 Å². The Kier molecular flexibility index (Phi) is 7.41. The first-order valence-corrected chi connectivity index (χ1v) is 15.5. The summed E-state index contributed by atoms with van der Waals surface area (Å²) in [5, 5.41) is 15.6. The summed E-state index contributed by atoms with van der Waals surface area (Å²) in [6, 6.07) is 29.7. The normalized spacial score (nSPS) is 11.7. The van der Waals surface area contributed by atoms with Crippen LogP contribution in [-0.2, 0) is 23.2 Å². The van der Waals surface area contributed by atoms with E-state index in [1.165, 1.54) is 19.3 Å². The standard InChI is InChI=1S/C32H26IN3O4S/c1-22-8-10-27(11-9-22)41(38,39)36-17-14-28-29(21-37)32(13-12-31(28)36)40-26-7-3-5-24(19-26)30-15-16-35(34-30)20-23-4-2-6-25(33)18-23/h2-19,37H,20-21H2,1H3. The molecule has 0 radical (unpaired) electrons. The molecule has 2 heterocycles. The van der Waals surface area contributed by atoms with Gasteiger partial charge < -0.3 is 9.84 Å². The maximum Gasteiger partial charge on any atom is 0.268 e. The molecule has 0 aliphatic carbocycles. The molecule has 1 N–H and O–H groups in total. The van der Waals surface area contributed by atoms with Crippen LogP contribution >= 0.6 is 22.6 Å². The second kappa shape index (κ2) is 11.2. The largest absolute Gasteiger partial charge is 0.457 e. The minimum absolute atomic E-state index is 0.198. The van der Waals surface area contributed by atoms with Crippen molar-refractivity contribution in [3.05, 3.63) is 130 Å². The molecular weight excluding hydrogens is 649 g/mol. The van der Waals surface area contributed by atoms with Gasteiger partial charge >= 0.3 is 0 Å². The molecule has 7 nitrogen and oxygen atoms in total. The minimum Gasteiger partial charge on any atom is -0.457 e. The van der Waals surface area contributed by atoms with Gasteiger partial charge in [-0.3, -0.25) is 4.68 Å². The minimum atomic E-state index is -3.81. The Morgan fingerprint density at radius 1 is 0.902 bits per heavy atom.